The molecule has 3 N–H and O–H groups in total. The highest BCUT2D eigenvalue weighted by Crippen LogP contribution is 2.14. The molecule has 7 heteroatoms. The van der Waals surface area contributed by atoms with Gasteiger partial charge in [0.1, 0.15) is 17.7 Å². The average Bonchev–Trinajstić information content (AvgIpc) is 2.47. The predicted molar refractivity (Wildman–Crippen MR) is 73.7 cm³/mol. The smallest absolute Gasteiger partial charge is 0.305 e. The molecule has 0 aliphatic rings. The number of nitrogens with zero attached hydrogens (tertiary/aromatic N) is 2. The van der Waals surface area contributed by atoms with Crippen LogP contribution in [0.4, 0.5) is 5.69 Å². The number of benzene rings is 1. The first-order valence-corrected chi connectivity index (χ1v) is 5.94. The number of rotatable bonds is 6. The van der Waals surface area contributed by atoms with E-state index in [0.717, 1.165) is 6.20 Å². The molecule has 0 aromatic heterocycles. The molecule has 0 heterocycles. The normalized spacial score (nSPS) is 10.1. The summed E-state index contributed by atoms with van der Waals surface area (Å²) >= 11 is 0. The minimum atomic E-state index is -0.984. The van der Waals surface area contributed by atoms with E-state index >= 15 is 0 Å². The first-order chi connectivity index (χ1) is 10.1. The maximum absolute atomic E-state index is 11.9. The summed E-state index contributed by atoms with van der Waals surface area (Å²) in [4.78, 5) is 22.2. The van der Waals surface area contributed by atoms with E-state index in [2.05, 4.69) is 10.6 Å². The molecule has 0 spiro atoms. The van der Waals surface area contributed by atoms with Crippen LogP contribution in [0.3, 0.4) is 0 Å². The number of carboxylic acid groups (broad SMARTS) is 1. The fourth-order valence-corrected chi connectivity index (χ4v) is 1.38. The highest BCUT2D eigenvalue weighted by Gasteiger charge is 2.11. The number of carbonyl (C=O) groups is 2. The number of aliphatic carboxylic acids is 1. The summed E-state index contributed by atoms with van der Waals surface area (Å²) in [6.45, 7) is 0.0998. The number of anilines is 1. The van der Waals surface area contributed by atoms with Crippen LogP contribution in [0.5, 0.6) is 0 Å². The monoisotopic (exact) mass is 284 g/mol. The quantitative estimate of drug-likeness (QED) is 0.406. The Labute approximate surface area is 121 Å². The van der Waals surface area contributed by atoms with Crippen molar-refractivity contribution < 1.29 is 14.7 Å². The second kappa shape index (κ2) is 7.97. The highest BCUT2D eigenvalue weighted by molar-refractivity contribution is 6.07. The lowest BCUT2D eigenvalue weighted by Gasteiger charge is -2.06. The Morgan fingerprint density at radius 3 is 2.62 bits per heavy atom. The van der Waals surface area contributed by atoms with Gasteiger partial charge in [-0.3, -0.25) is 9.59 Å². The zero-order valence-electron chi connectivity index (χ0n) is 11.0. The van der Waals surface area contributed by atoms with E-state index in [1.54, 1.807) is 24.3 Å². The third kappa shape index (κ3) is 5.05. The van der Waals surface area contributed by atoms with Crippen molar-refractivity contribution in [2.75, 3.05) is 11.9 Å². The zero-order valence-corrected chi connectivity index (χ0v) is 11.0. The van der Waals surface area contributed by atoms with Crippen LogP contribution in [0.1, 0.15) is 12.0 Å². The van der Waals surface area contributed by atoms with Crippen LogP contribution in [-0.2, 0) is 9.59 Å². The van der Waals surface area contributed by atoms with Crippen LogP contribution in [-0.4, -0.2) is 23.5 Å². The summed E-state index contributed by atoms with van der Waals surface area (Å²) in [5, 5.41) is 31.3. The molecule has 1 aromatic rings. The number of carbonyl (C=O) groups excluding carboxylic acids is 1. The van der Waals surface area contributed by atoms with Crippen LogP contribution >= 0.6 is 0 Å². The Hall–Kier alpha value is -3.32. The molecule has 106 valence electrons. The number of hydrogen-bond acceptors (Lipinski definition) is 5. The summed E-state index contributed by atoms with van der Waals surface area (Å²) in [6, 6.07) is 10.0. The van der Waals surface area contributed by atoms with Gasteiger partial charge < -0.3 is 15.7 Å². The number of hydrogen-bond donors (Lipinski definition) is 3. The molecule has 0 radical (unpaired) electrons. The van der Waals surface area contributed by atoms with E-state index in [9.17, 15) is 9.59 Å². The summed E-state index contributed by atoms with van der Waals surface area (Å²) in [6.07, 6.45) is 1.02. The molecule has 21 heavy (non-hydrogen) atoms. The fourth-order valence-electron chi connectivity index (χ4n) is 1.38. The second-order valence-electron chi connectivity index (χ2n) is 3.88. The number of carboxylic acids is 1. The molecule has 0 aliphatic heterocycles. The lowest BCUT2D eigenvalue weighted by molar-refractivity contribution is -0.136. The summed E-state index contributed by atoms with van der Waals surface area (Å²) < 4.78 is 0. The Bertz CT molecular complexity index is 653. The number of amides is 1. The Kier molecular flexibility index (Phi) is 5.97. The minimum absolute atomic E-state index is 0.0998. The van der Waals surface area contributed by atoms with Gasteiger partial charge in [0, 0.05) is 12.7 Å². The second-order valence-corrected chi connectivity index (χ2v) is 3.88. The van der Waals surface area contributed by atoms with Gasteiger partial charge in [0.05, 0.1) is 17.7 Å². The molecular weight excluding hydrogens is 272 g/mol. The van der Waals surface area contributed by atoms with Gasteiger partial charge in [0.25, 0.3) is 5.91 Å². The number of nitrogens with one attached hydrogen (secondary N) is 2. The van der Waals surface area contributed by atoms with E-state index in [0.29, 0.717) is 5.69 Å². The van der Waals surface area contributed by atoms with Gasteiger partial charge in [0.2, 0.25) is 0 Å². The number of nitriles is 2. The van der Waals surface area contributed by atoms with E-state index in [4.69, 9.17) is 15.6 Å². The van der Waals surface area contributed by atoms with Gasteiger partial charge in [0.15, 0.2) is 0 Å². The first kappa shape index (κ1) is 15.7. The van der Waals surface area contributed by atoms with Gasteiger partial charge in [-0.1, -0.05) is 12.1 Å². The van der Waals surface area contributed by atoms with E-state index in [-0.39, 0.29) is 24.1 Å². The Morgan fingerprint density at radius 2 is 2.00 bits per heavy atom. The van der Waals surface area contributed by atoms with Crippen molar-refractivity contribution in [3.8, 4) is 12.1 Å². The first-order valence-electron chi connectivity index (χ1n) is 5.94. The molecule has 0 unspecified atom stereocenters. The third-order valence-corrected chi connectivity index (χ3v) is 2.39. The van der Waals surface area contributed by atoms with Gasteiger partial charge in [-0.15, -0.1) is 0 Å². The predicted octanol–water partition coefficient (Wildman–Crippen LogP) is 0.969. The summed E-state index contributed by atoms with van der Waals surface area (Å²) in [7, 11) is 0. The molecule has 0 atom stereocenters. The van der Waals surface area contributed by atoms with Gasteiger partial charge >= 0.3 is 5.97 Å². The molecule has 0 saturated heterocycles. The largest absolute Gasteiger partial charge is 0.481 e. The fraction of sp³-hybridized carbons (Fsp3) is 0.143. The molecule has 0 bridgehead atoms. The molecule has 1 aromatic carbocycles. The lowest BCUT2D eigenvalue weighted by Crippen LogP contribution is -2.18. The van der Waals surface area contributed by atoms with Crippen LogP contribution < -0.4 is 10.6 Å². The van der Waals surface area contributed by atoms with Crippen LogP contribution in [0.15, 0.2) is 36.0 Å². The van der Waals surface area contributed by atoms with Crippen molar-refractivity contribution in [2.24, 2.45) is 0 Å². The molecule has 0 saturated carbocycles. The summed E-state index contributed by atoms with van der Waals surface area (Å²) in [5.74, 6) is -1.66. The van der Waals surface area contributed by atoms with Crippen molar-refractivity contribution in [3.05, 3.63) is 41.6 Å². The molecule has 0 aliphatic carbocycles. The maximum Gasteiger partial charge on any atom is 0.305 e. The minimum Gasteiger partial charge on any atom is -0.481 e. The molecule has 0 fully saturated rings. The SMILES string of the molecule is N#C/C(=C/NCCC(=O)O)C(=O)Nc1ccccc1C#N. The Morgan fingerprint density at radius 1 is 1.29 bits per heavy atom. The van der Waals surface area contributed by atoms with Gasteiger partial charge in [-0.05, 0) is 12.1 Å². The van der Waals surface area contributed by atoms with Crippen LogP contribution in [0, 0.1) is 22.7 Å². The topological polar surface area (TPSA) is 126 Å². The molecule has 1 rings (SSSR count). The van der Waals surface area contributed by atoms with Crippen molar-refractivity contribution >= 4 is 17.6 Å². The van der Waals surface area contributed by atoms with E-state index < -0.39 is 11.9 Å². The van der Waals surface area contributed by atoms with E-state index in [1.165, 1.54) is 6.07 Å². The number of para-hydroxylation sites is 1. The third-order valence-electron chi connectivity index (χ3n) is 2.39. The summed E-state index contributed by atoms with van der Waals surface area (Å²) in [5.41, 5.74) is 0.367. The maximum atomic E-state index is 11.9. The zero-order chi connectivity index (χ0) is 15.7. The van der Waals surface area contributed by atoms with Crippen molar-refractivity contribution in [3.63, 3.8) is 0 Å². The van der Waals surface area contributed by atoms with Crippen molar-refractivity contribution in [2.45, 2.75) is 6.42 Å². The lowest BCUT2D eigenvalue weighted by atomic mass is 10.2. The standard InChI is InChI=1S/C14H12N4O3/c15-7-10-3-1-2-4-12(10)18-14(21)11(8-16)9-17-6-5-13(19)20/h1-4,9,17H,5-6H2,(H,18,21)(H,19,20)/b11-9-. The highest BCUT2D eigenvalue weighted by atomic mass is 16.4. The van der Waals surface area contributed by atoms with Gasteiger partial charge in [-0.25, -0.2) is 0 Å². The molecular formula is C14H12N4O3. The molecule has 7 nitrogen and oxygen atoms in total. The van der Waals surface area contributed by atoms with E-state index in [1.807, 2.05) is 6.07 Å². The Balaban J connectivity index is 2.72. The van der Waals surface area contributed by atoms with Crippen molar-refractivity contribution in [1.29, 1.82) is 10.5 Å². The van der Waals surface area contributed by atoms with Crippen LogP contribution in [0.2, 0.25) is 0 Å². The van der Waals surface area contributed by atoms with Gasteiger partial charge in [-0.2, -0.15) is 10.5 Å². The van der Waals surface area contributed by atoms with Crippen LogP contribution in [0.25, 0.3) is 0 Å². The molecule has 1 amide bonds. The average molecular weight is 284 g/mol. The van der Waals surface area contributed by atoms with Crippen molar-refractivity contribution in [1.82, 2.24) is 5.32 Å².